The Bertz CT molecular complexity index is 449. The van der Waals surface area contributed by atoms with E-state index in [4.69, 9.17) is 5.73 Å². The third-order valence-corrected chi connectivity index (χ3v) is 3.67. The van der Waals surface area contributed by atoms with Crippen LogP contribution in [0.3, 0.4) is 0 Å². The van der Waals surface area contributed by atoms with E-state index in [-0.39, 0.29) is 5.57 Å². The van der Waals surface area contributed by atoms with Gasteiger partial charge in [0.1, 0.15) is 10.6 Å². The molecule has 2 aliphatic rings. The van der Waals surface area contributed by atoms with Crippen LogP contribution in [0.2, 0.25) is 0 Å². The number of hydrogen-bond donors (Lipinski definition) is 1. The molecule has 1 unspecified atom stereocenters. The highest BCUT2D eigenvalue weighted by Crippen LogP contribution is 2.34. The van der Waals surface area contributed by atoms with Gasteiger partial charge in [-0.2, -0.15) is 0 Å². The van der Waals surface area contributed by atoms with E-state index in [0.29, 0.717) is 10.3 Å². The van der Waals surface area contributed by atoms with Gasteiger partial charge in [0.25, 0.3) is 11.8 Å². The maximum atomic E-state index is 11.4. The number of carbonyl (C=O) groups excluding carboxylic acids is 2. The molecule has 1 atom stereocenters. The number of nitrogens with two attached hydrogens (primary N) is 1. The van der Waals surface area contributed by atoms with Crippen LogP contribution in [-0.2, 0) is 9.59 Å². The van der Waals surface area contributed by atoms with Crippen LogP contribution < -0.4 is 5.73 Å². The molecule has 4 nitrogen and oxygen atoms in total. The number of aliphatic imine (C=N–C) groups is 1. The van der Waals surface area contributed by atoms with Gasteiger partial charge in [-0.05, 0) is 12.5 Å². The van der Waals surface area contributed by atoms with E-state index in [0.717, 1.165) is 18.4 Å². The Morgan fingerprint density at radius 3 is 3.00 bits per heavy atom. The summed E-state index contributed by atoms with van der Waals surface area (Å²) in [5.41, 5.74) is 5.94. The molecule has 2 heterocycles. The van der Waals surface area contributed by atoms with E-state index in [9.17, 15) is 9.59 Å². The number of rotatable bonds is 3. The van der Waals surface area contributed by atoms with E-state index in [1.165, 1.54) is 0 Å². The number of carbonyl (C=O) groups is 2. The van der Waals surface area contributed by atoms with Crippen molar-refractivity contribution in [2.75, 3.05) is 0 Å². The van der Waals surface area contributed by atoms with Gasteiger partial charge in [0.15, 0.2) is 0 Å². The van der Waals surface area contributed by atoms with Crippen molar-refractivity contribution in [1.82, 2.24) is 0 Å². The van der Waals surface area contributed by atoms with E-state index < -0.39 is 11.8 Å². The fraction of sp³-hybridized carbons (Fsp3) is 0.364. The van der Waals surface area contributed by atoms with Crippen LogP contribution in [-0.4, -0.2) is 22.1 Å². The first-order chi connectivity index (χ1) is 7.61. The van der Waals surface area contributed by atoms with Crippen LogP contribution in [0, 0.1) is 0 Å². The molecule has 0 saturated carbocycles. The van der Waals surface area contributed by atoms with E-state index in [1.54, 1.807) is 17.8 Å². The SMILES string of the molecule is CCCC1C=C2C=C(C(N)=O)C(=O)N=C2S1. The quantitative estimate of drug-likeness (QED) is 0.748. The Labute approximate surface area is 97.7 Å². The number of dihydropyridines is 1. The second kappa shape index (κ2) is 4.25. The third-order valence-electron chi connectivity index (χ3n) is 2.45. The normalized spacial score (nSPS) is 23.4. The van der Waals surface area contributed by atoms with Crippen molar-refractivity contribution in [3.8, 4) is 0 Å². The number of nitrogens with zero attached hydrogens (tertiary/aromatic N) is 1. The number of thioether (sulfide) groups is 1. The maximum absolute atomic E-state index is 11.4. The summed E-state index contributed by atoms with van der Waals surface area (Å²) in [6, 6.07) is 0. The second-order valence-corrected chi connectivity index (χ2v) is 4.94. The van der Waals surface area contributed by atoms with Crippen LogP contribution in [0.15, 0.2) is 28.3 Å². The molecule has 0 bridgehead atoms. The van der Waals surface area contributed by atoms with Crippen molar-refractivity contribution in [1.29, 1.82) is 0 Å². The molecule has 0 saturated heterocycles. The first-order valence-corrected chi connectivity index (χ1v) is 6.03. The fourth-order valence-corrected chi connectivity index (χ4v) is 2.94. The number of hydrogen-bond acceptors (Lipinski definition) is 3. The molecule has 0 spiro atoms. The van der Waals surface area contributed by atoms with Gasteiger partial charge in [-0.3, -0.25) is 9.59 Å². The smallest absolute Gasteiger partial charge is 0.283 e. The largest absolute Gasteiger partial charge is 0.365 e. The zero-order valence-corrected chi connectivity index (χ0v) is 9.71. The summed E-state index contributed by atoms with van der Waals surface area (Å²) in [4.78, 5) is 26.3. The summed E-state index contributed by atoms with van der Waals surface area (Å²) in [6.07, 6.45) is 5.72. The van der Waals surface area contributed by atoms with Crippen molar-refractivity contribution in [2.45, 2.75) is 25.0 Å². The van der Waals surface area contributed by atoms with Gasteiger partial charge in [-0.1, -0.05) is 31.2 Å². The van der Waals surface area contributed by atoms with Crippen molar-refractivity contribution in [3.63, 3.8) is 0 Å². The summed E-state index contributed by atoms with van der Waals surface area (Å²) in [7, 11) is 0. The minimum Gasteiger partial charge on any atom is -0.365 e. The van der Waals surface area contributed by atoms with Crippen molar-refractivity contribution >= 4 is 28.6 Å². The first-order valence-electron chi connectivity index (χ1n) is 5.15. The van der Waals surface area contributed by atoms with Gasteiger partial charge >= 0.3 is 0 Å². The Balaban J connectivity index is 2.28. The molecule has 0 aromatic carbocycles. The Kier molecular flexibility index (Phi) is 2.96. The molecule has 2 N–H and O–H groups in total. The molecule has 2 rings (SSSR count). The van der Waals surface area contributed by atoms with Crippen molar-refractivity contribution in [3.05, 3.63) is 23.3 Å². The molecule has 0 fully saturated rings. The maximum Gasteiger partial charge on any atom is 0.283 e. The minimum absolute atomic E-state index is 0.0206. The molecule has 0 radical (unpaired) electrons. The van der Waals surface area contributed by atoms with Gasteiger partial charge in [-0.15, -0.1) is 0 Å². The molecular formula is C11H12N2O2S. The molecule has 0 aromatic heterocycles. The summed E-state index contributed by atoms with van der Waals surface area (Å²) in [6.45, 7) is 2.11. The zero-order chi connectivity index (χ0) is 11.7. The van der Waals surface area contributed by atoms with Crippen LogP contribution in [0.25, 0.3) is 0 Å². The highest BCUT2D eigenvalue weighted by Gasteiger charge is 2.29. The average molecular weight is 236 g/mol. The standard InChI is InChI=1S/C11H12N2O2S/c1-2-3-7-4-6-5-8(9(12)14)10(15)13-11(6)16-7/h4-5,7H,2-3H2,1H3,(H2,12,14). The van der Waals surface area contributed by atoms with Crippen molar-refractivity contribution < 1.29 is 9.59 Å². The van der Waals surface area contributed by atoms with Crippen LogP contribution >= 0.6 is 11.8 Å². The van der Waals surface area contributed by atoms with Gasteiger partial charge in [-0.25, -0.2) is 4.99 Å². The molecule has 0 aliphatic carbocycles. The zero-order valence-electron chi connectivity index (χ0n) is 8.90. The lowest BCUT2D eigenvalue weighted by atomic mass is 10.1. The van der Waals surface area contributed by atoms with Gasteiger partial charge in [0.05, 0.1) is 0 Å². The Morgan fingerprint density at radius 1 is 1.62 bits per heavy atom. The lowest BCUT2D eigenvalue weighted by Gasteiger charge is -2.07. The number of primary amides is 1. The molecule has 2 amide bonds. The summed E-state index contributed by atoms with van der Waals surface area (Å²) < 4.78 is 0. The lowest BCUT2D eigenvalue weighted by Crippen LogP contribution is -2.23. The highest BCUT2D eigenvalue weighted by atomic mass is 32.2. The Hall–Kier alpha value is -1.36. The van der Waals surface area contributed by atoms with Gasteiger partial charge < -0.3 is 5.73 Å². The molecule has 84 valence electrons. The van der Waals surface area contributed by atoms with Crippen LogP contribution in [0.1, 0.15) is 19.8 Å². The fourth-order valence-electron chi connectivity index (χ4n) is 1.69. The monoisotopic (exact) mass is 236 g/mol. The van der Waals surface area contributed by atoms with E-state index in [1.807, 2.05) is 6.08 Å². The summed E-state index contributed by atoms with van der Waals surface area (Å²) in [5.74, 6) is -1.23. The Morgan fingerprint density at radius 2 is 2.38 bits per heavy atom. The molecular weight excluding hydrogens is 224 g/mol. The lowest BCUT2D eigenvalue weighted by molar-refractivity contribution is -0.120. The van der Waals surface area contributed by atoms with E-state index in [2.05, 4.69) is 11.9 Å². The molecule has 5 heteroatoms. The van der Waals surface area contributed by atoms with Crippen LogP contribution in [0.5, 0.6) is 0 Å². The van der Waals surface area contributed by atoms with Gasteiger partial charge in [0, 0.05) is 10.8 Å². The number of amides is 2. The van der Waals surface area contributed by atoms with Crippen molar-refractivity contribution in [2.24, 2.45) is 10.7 Å². The topological polar surface area (TPSA) is 72.5 Å². The summed E-state index contributed by atoms with van der Waals surface area (Å²) >= 11 is 1.58. The first kappa shape index (κ1) is 11.1. The molecule has 2 aliphatic heterocycles. The number of allylic oxidation sites excluding steroid dienone is 1. The third kappa shape index (κ3) is 1.95. The summed E-state index contributed by atoms with van der Waals surface area (Å²) in [5, 5.41) is 1.07. The van der Waals surface area contributed by atoms with Gasteiger partial charge in [0.2, 0.25) is 0 Å². The predicted molar refractivity (Wildman–Crippen MR) is 64.1 cm³/mol. The second-order valence-electron chi connectivity index (χ2n) is 3.71. The highest BCUT2D eigenvalue weighted by molar-refractivity contribution is 8.15. The molecule has 0 aromatic rings. The minimum atomic E-state index is -0.711. The number of fused-ring (bicyclic) bond motifs is 1. The molecule has 16 heavy (non-hydrogen) atoms. The van der Waals surface area contributed by atoms with Crippen LogP contribution in [0.4, 0.5) is 0 Å². The predicted octanol–water partition coefficient (Wildman–Crippen LogP) is 1.18. The average Bonchev–Trinajstić information content (AvgIpc) is 2.58. The van der Waals surface area contributed by atoms with E-state index >= 15 is 0 Å².